The van der Waals surface area contributed by atoms with Gasteiger partial charge in [-0.3, -0.25) is 9.69 Å². The van der Waals surface area contributed by atoms with Gasteiger partial charge in [0.1, 0.15) is 0 Å². The number of carbonyl (C=O) groups is 1. The zero-order valence-electron chi connectivity index (χ0n) is 12.3. The van der Waals surface area contributed by atoms with E-state index in [2.05, 4.69) is 9.74 Å². The maximum atomic E-state index is 11.0. The number of hydrogen-bond acceptors (Lipinski definition) is 4. The zero-order valence-corrected chi connectivity index (χ0v) is 13.2. The van der Waals surface area contributed by atoms with Gasteiger partial charge < -0.3 is 4.74 Å². The highest BCUT2D eigenvalue weighted by Crippen LogP contribution is 2.34. The lowest BCUT2D eigenvalue weighted by atomic mass is 10.1. The summed E-state index contributed by atoms with van der Waals surface area (Å²) in [4.78, 5) is 18.3. The third-order valence-corrected chi connectivity index (χ3v) is 4.79. The Labute approximate surface area is 133 Å². The van der Waals surface area contributed by atoms with Crippen molar-refractivity contribution < 1.29 is 9.53 Å². The van der Waals surface area contributed by atoms with Crippen LogP contribution in [-0.4, -0.2) is 17.4 Å². The van der Waals surface area contributed by atoms with E-state index in [0.29, 0.717) is 5.06 Å². The highest BCUT2D eigenvalue weighted by atomic mass is 32.1. The van der Waals surface area contributed by atoms with Gasteiger partial charge in [0.25, 0.3) is 0 Å². The molecule has 2 aromatic rings. The molecule has 0 unspecified atom stereocenters. The van der Waals surface area contributed by atoms with Crippen LogP contribution in [0.3, 0.4) is 0 Å². The average molecular weight is 312 g/mol. The van der Waals surface area contributed by atoms with E-state index in [-0.39, 0.29) is 5.97 Å². The van der Waals surface area contributed by atoms with Gasteiger partial charge in [-0.2, -0.15) is 0 Å². The predicted octanol–water partition coefficient (Wildman–Crippen LogP) is 3.78. The van der Waals surface area contributed by atoms with Crippen molar-refractivity contribution in [1.82, 2.24) is 4.90 Å². The summed E-state index contributed by atoms with van der Waals surface area (Å²) in [5.74, 6) is -0.276. The van der Waals surface area contributed by atoms with Gasteiger partial charge in [0.05, 0.1) is 6.57 Å². The Balaban J connectivity index is 1.73. The Morgan fingerprint density at radius 2 is 2.27 bits per heavy atom. The first-order valence-corrected chi connectivity index (χ1v) is 7.95. The second-order valence-corrected chi connectivity index (χ2v) is 6.41. The van der Waals surface area contributed by atoms with E-state index in [9.17, 15) is 4.79 Å². The first kappa shape index (κ1) is 14.8. The van der Waals surface area contributed by atoms with Gasteiger partial charge in [-0.1, -0.05) is 24.3 Å². The molecule has 5 heteroatoms. The van der Waals surface area contributed by atoms with Gasteiger partial charge in [-0.15, -0.1) is 11.3 Å². The molecular formula is C17H16N2O2S. The van der Waals surface area contributed by atoms with Gasteiger partial charge in [0.15, 0.2) is 10.8 Å². The summed E-state index contributed by atoms with van der Waals surface area (Å²) < 4.78 is 5.18. The molecule has 0 spiro atoms. The van der Waals surface area contributed by atoms with Crippen LogP contribution in [0.5, 0.6) is 5.06 Å². The van der Waals surface area contributed by atoms with Crippen LogP contribution in [0.2, 0.25) is 0 Å². The minimum Gasteiger partial charge on any atom is -0.416 e. The van der Waals surface area contributed by atoms with Gasteiger partial charge >= 0.3 is 5.97 Å². The topological polar surface area (TPSA) is 33.9 Å². The molecule has 0 amide bonds. The number of carbonyl (C=O) groups excluding carboxylic acids is 1. The highest BCUT2D eigenvalue weighted by molar-refractivity contribution is 7.14. The summed E-state index contributed by atoms with van der Waals surface area (Å²) in [7, 11) is 0. The number of thiophene rings is 1. The number of esters is 1. The Hall–Kier alpha value is -2.16. The molecule has 22 heavy (non-hydrogen) atoms. The van der Waals surface area contributed by atoms with E-state index in [1.165, 1.54) is 17.4 Å². The Morgan fingerprint density at radius 1 is 1.45 bits per heavy atom. The summed E-state index contributed by atoms with van der Waals surface area (Å²) in [5.41, 5.74) is 3.02. The van der Waals surface area contributed by atoms with Crippen LogP contribution in [0.25, 0.3) is 4.85 Å². The van der Waals surface area contributed by atoms with E-state index in [0.717, 1.165) is 37.3 Å². The van der Waals surface area contributed by atoms with Crippen molar-refractivity contribution in [2.75, 3.05) is 6.54 Å². The standard InChI is InChI=1S/C17H16N2O2S/c1-12(20)21-17-9-14-11-19(8-7-16(14)22-17)10-13-5-3-4-6-15(13)18-2/h3-6,9H,7-8,10-11H2,1H3. The summed E-state index contributed by atoms with van der Waals surface area (Å²) in [6, 6.07) is 9.72. The smallest absolute Gasteiger partial charge is 0.308 e. The van der Waals surface area contributed by atoms with Crippen molar-refractivity contribution in [2.45, 2.75) is 26.4 Å². The molecule has 1 aliphatic rings. The predicted molar refractivity (Wildman–Crippen MR) is 86.2 cm³/mol. The average Bonchev–Trinajstić information content (AvgIpc) is 2.88. The van der Waals surface area contributed by atoms with Gasteiger partial charge in [-0.25, -0.2) is 4.85 Å². The lowest BCUT2D eigenvalue weighted by Gasteiger charge is -2.27. The molecule has 112 valence electrons. The fourth-order valence-corrected chi connectivity index (χ4v) is 3.74. The van der Waals surface area contributed by atoms with E-state index in [1.54, 1.807) is 11.3 Å². The van der Waals surface area contributed by atoms with Crippen molar-refractivity contribution in [1.29, 1.82) is 0 Å². The molecule has 0 atom stereocenters. The second kappa shape index (κ2) is 6.30. The molecule has 0 aliphatic carbocycles. The minimum absolute atomic E-state index is 0.276. The highest BCUT2D eigenvalue weighted by Gasteiger charge is 2.20. The molecule has 2 heterocycles. The number of fused-ring (bicyclic) bond motifs is 1. The van der Waals surface area contributed by atoms with Gasteiger partial charge in [0.2, 0.25) is 0 Å². The van der Waals surface area contributed by atoms with Crippen molar-refractivity contribution in [3.8, 4) is 5.06 Å². The fraction of sp³-hybridized carbons (Fsp3) is 0.294. The minimum atomic E-state index is -0.276. The van der Waals surface area contributed by atoms with Crippen LogP contribution in [0.1, 0.15) is 22.9 Å². The molecule has 1 aliphatic heterocycles. The fourth-order valence-electron chi connectivity index (χ4n) is 2.69. The summed E-state index contributed by atoms with van der Waals surface area (Å²) in [6.45, 7) is 11.2. The first-order valence-electron chi connectivity index (χ1n) is 7.13. The van der Waals surface area contributed by atoms with Crippen LogP contribution >= 0.6 is 11.3 Å². The van der Waals surface area contributed by atoms with E-state index < -0.39 is 0 Å². The maximum Gasteiger partial charge on any atom is 0.308 e. The number of nitrogens with zero attached hydrogens (tertiary/aromatic N) is 2. The lowest BCUT2D eigenvalue weighted by Crippen LogP contribution is -2.29. The lowest BCUT2D eigenvalue weighted by molar-refractivity contribution is -0.131. The maximum absolute atomic E-state index is 11.0. The number of ether oxygens (including phenoxy) is 1. The normalized spacial score (nSPS) is 14.2. The second-order valence-electron chi connectivity index (χ2n) is 5.31. The molecule has 0 bridgehead atoms. The van der Waals surface area contributed by atoms with Crippen molar-refractivity contribution in [3.05, 3.63) is 57.8 Å². The molecule has 0 N–H and O–H groups in total. The molecule has 1 aromatic heterocycles. The Bertz CT molecular complexity index is 745. The van der Waals surface area contributed by atoms with E-state index in [1.807, 2.05) is 30.3 Å². The van der Waals surface area contributed by atoms with Crippen LogP contribution in [-0.2, 0) is 24.3 Å². The van der Waals surface area contributed by atoms with Crippen molar-refractivity contribution in [3.63, 3.8) is 0 Å². The van der Waals surface area contributed by atoms with Crippen molar-refractivity contribution in [2.24, 2.45) is 0 Å². The summed E-state index contributed by atoms with van der Waals surface area (Å²) >= 11 is 1.56. The van der Waals surface area contributed by atoms with Crippen molar-refractivity contribution >= 4 is 23.0 Å². The zero-order chi connectivity index (χ0) is 15.5. The molecule has 0 saturated heterocycles. The van der Waals surface area contributed by atoms with Crippen LogP contribution in [0.15, 0.2) is 30.3 Å². The third-order valence-electron chi connectivity index (χ3n) is 3.67. The molecule has 1 aromatic carbocycles. The SMILES string of the molecule is [C-]#[N+]c1ccccc1CN1CCc2sc(OC(C)=O)cc2C1. The van der Waals surface area contributed by atoms with E-state index >= 15 is 0 Å². The summed E-state index contributed by atoms with van der Waals surface area (Å²) in [6.07, 6.45) is 0.960. The molecule has 3 rings (SSSR count). The van der Waals surface area contributed by atoms with Crippen LogP contribution < -0.4 is 4.74 Å². The molecule has 0 saturated carbocycles. The first-order chi connectivity index (χ1) is 10.7. The quantitative estimate of drug-likeness (QED) is 0.639. The molecule has 0 fully saturated rings. The number of para-hydroxylation sites is 1. The molecule has 0 radical (unpaired) electrons. The number of benzene rings is 1. The monoisotopic (exact) mass is 312 g/mol. The molecule has 4 nitrogen and oxygen atoms in total. The number of hydrogen-bond donors (Lipinski definition) is 0. The summed E-state index contributed by atoms with van der Waals surface area (Å²) in [5, 5.41) is 0.681. The van der Waals surface area contributed by atoms with Crippen LogP contribution in [0.4, 0.5) is 5.69 Å². The Kier molecular flexibility index (Phi) is 4.23. The van der Waals surface area contributed by atoms with Gasteiger partial charge in [-0.05, 0) is 23.6 Å². The molecular weight excluding hydrogens is 296 g/mol. The largest absolute Gasteiger partial charge is 0.416 e. The van der Waals surface area contributed by atoms with E-state index in [4.69, 9.17) is 11.3 Å². The van der Waals surface area contributed by atoms with Gasteiger partial charge in [0, 0.05) is 31.4 Å². The third kappa shape index (κ3) is 3.19. The van der Waals surface area contributed by atoms with Crippen LogP contribution in [0, 0.1) is 6.57 Å². The number of rotatable bonds is 3. The Morgan fingerprint density at radius 3 is 3.05 bits per heavy atom.